The normalized spacial score (nSPS) is 11.2. The van der Waals surface area contributed by atoms with Crippen LogP contribution in [0.15, 0.2) is 59.8 Å². The molecule has 0 N–H and O–H groups in total. The summed E-state index contributed by atoms with van der Waals surface area (Å²) in [5.74, 6) is -0.272. The molecule has 6 heteroatoms. The summed E-state index contributed by atoms with van der Waals surface area (Å²) in [7, 11) is 1.68. The molecule has 5 nitrogen and oxygen atoms in total. The average molecular weight is 348 g/mol. The highest BCUT2D eigenvalue weighted by molar-refractivity contribution is 5.79. The van der Waals surface area contributed by atoms with Gasteiger partial charge in [-0.2, -0.15) is 0 Å². The average Bonchev–Trinajstić information content (AvgIpc) is 2.89. The van der Waals surface area contributed by atoms with Crippen LogP contribution in [-0.2, 0) is 13.6 Å². The molecule has 3 heterocycles. The lowest BCUT2D eigenvalue weighted by Gasteiger charge is -2.07. The minimum absolute atomic E-state index is 0.168. The van der Waals surface area contributed by atoms with Crippen molar-refractivity contribution in [3.63, 3.8) is 0 Å². The molecule has 1 aromatic carbocycles. The number of rotatable bonds is 3. The number of aryl methyl sites for hydroxylation is 2. The van der Waals surface area contributed by atoms with Crippen molar-refractivity contribution < 1.29 is 4.39 Å². The minimum Gasteiger partial charge on any atom is -0.286 e. The van der Waals surface area contributed by atoms with E-state index in [0.717, 1.165) is 5.56 Å². The van der Waals surface area contributed by atoms with E-state index in [9.17, 15) is 9.18 Å². The van der Waals surface area contributed by atoms with Gasteiger partial charge in [-0.3, -0.25) is 14.1 Å². The molecule has 0 saturated carbocycles. The zero-order valence-corrected chi connectivity index (χ0v) is 14.5. The molecule has 0 spiro atoms. The fourth-order valence-corrected chi connectivity index (χ4v) is 3.12. The van der Waals surface area contributed by atoms with Crippen molar-refractivity contribution in [3.8, 4) is 11.1 Å². The molecule has 4 aromatic rings. The number of aromatic nitrogens is 4. The first-order valence-corrected chi connectivity index (χ1v) is 8.26. The van der Waals surface area contributed by atoms with Gasteiger partial charge in [0, 0.05) is 36.8 Å². The van der Waals surface area contributed by atoms with Crippen LogP contribution in [0, 0.1) is 12.7 Å². The second-order valence-corrected chi connectivity index (χ2v) is 6.29. The standard InChI is InChI=1S/C20H17FN4O/c1-13-5-3-7-16(18(13)21)15-9-17-19(23-11-15)24(2)20(26)25(17)12-14-6-4-8-22-10-14/h3-11H,12H2,1-2H3. The predicted molar refractivity (Wildman–Crippen MR) is 98.4 cm³/mol. The van der Waals surface area contributed by atoms with Crippen LogP contribution in [0.5, 0.6) is 0 Å². The molecular formula is C20H17FN4O. The van der Waals surface area contributed by atoms with Crippen molar-refractivity contribution in [3.05, 3.63) is 82.4 Å². The molecule has 4 rings (SSSR count). The number of fused-ring (bicyclic) bond motifs is 1. The summed E-state index contributed by atoms with van der Waals surface area (Å²) >= 11 is 0. The first kappa shape index (κ1) is 16.2. The number of pyridine rings is 2. The van der Waals surface area contributed by atoms with Crippen LogP contribution in [0.4, 0.5) is 4.39 Å². The number of nitrogens with zero attached hydrogens (tertiary/aromatic N) is 4. The molecule has 0 radical (unpaired) electrons. The maximum atomic E-state index is 14.5. The third-order valence-electron chi connectivity index (χ3n) is 4.54. The van der Waals surface area contributed by atoms with E-state index in [-0.39, 0.29) is 11.5 Å². The number of hydrogen-bond acceptors (Lipinski definition) is 3. The van der Waals surface area contributed by atoms with Gasteiger partial charge in [0.05, 0.1) is 12.1 Å². The van der Waals surface area contributed by atoms with E-state index in [1.165, 1.54) is 4.57 Å². The summed E-state index contributed by atoms with van der Waals surface area (Å²) in [5.41, 5.74) is 3.67. The Labute approximate surface area is 149 Å². The highest BCUT2D eigenvalue weighted by Crippen LogP contribution is 2.26. The predicted octanol–water partition coefficient (Wildman–Crippen LogP) is 3.29. The number of halogens is 1. The number of imidazole rings is 1. The Morgan fingerprint density at radius 1 is 1.15 bits per heavy atom. The van der Waals surface area contributed by atoms with Gasteiger partial charge in [-0.15, -0.1) is 0 Å². The molecule has 0 fully saturated rings. The summed E-state index contributed by atoms with van der Waals surface area (Å²) < 4.78 is 17.6. The van der Waals surface area contributed by atoms with Crippen LogP contribution >= 0.6 is 0 Å². The van der Waals surface area contributed by atoms with Gasteiger partial charge < -0.3 is 0 Å². The molecular weight excluding hydrogens is 331 g/mol. The SMILES string of the molecule is Cc1cccc(-c2cnc3c(c2)n(Cc2cccnc2)c(=O)n3C)c1F. The molecule has 0 amide bonds. The van der Waals surface area contributed by atoms with E-state index in [4.69, 9.17) is 0 Å². The monoisotopic (exact) mass is 348 g/mol. The topological polar surface area (TPSA) is 52.7 Å². The Bertz CT molecular complexity index is 1160. The van der Waals surface area contributed by atoms with Crippen LogP contribution in [0.25, 0.3) is 22.3 Å². The Hall–Kier alpha value is -3.28. The zero-order valence-electron chi connectivity index (χ0n) is 14.5. The number of benzene rings is 1. The van der Waals surface area contributed by atoms with Crippen LogP contribution in [0.2, 0.25) is 0 Å². The molecule has 0 aliphatic rings. The fraction of sp³-hybridized carbons (Fsp3) is 0.150. The second kappa shape index (κ2) is 6.22. The van der Waals surface area contributed by atoms with Crippen molar-refractivity contribution in [2.45, 2.75) is 13.5 Å². The van der Waals surface area contributed by atoms with E-state index in [1.807, 2.05) is 24.3 Å². The van der Waals surface area contributed by atoms with Gasteiger partial charge in [0.2, 0.25) is 0 Å². The highest BCUT2D eigenvalue weighted by atomic mass is 19.1. The van der Waals surface area contributed by atoms with Crippen LogP contribution in [0.3, 0.4) is 0 Å². The summed E-state index contributed by atoms with van der Waals surface area (Å²) in [5, 5.41) is 0. The largest absolute Gasteiger partial charge is 0.330 e. The van der Waals surface area contributed by atoms with Crippen molar-refractivity contribution in [2.75, 3.05) is 0 Å². The summed E-state index contributed by atoms with van der Waals surface area (Å²) in [6, 6.07) is 10.8. The van der Waals surface area contributed by atoms with Crippen molar-refractivity contribution in [1.82, 2.24) is 19.1 Å². The van der Waals surface area contributed by atoms with Crippen LogP contribution in [0.1, 0.15) is 11.1 Å². The lowest BCUT2D eigenvalue weighted by molar-refractivity contribution is 0.622. The van der Waals surface area contributed by atoms with Crippen molar-refractivity contribution in [2.24, 2.45) is 7.05 Å². The van der Waals surface area contributed by atoms with E-state index in [1.54, 1.807) is 49.3 Å². The molecule has 0 atom stereocenters. The van der Waals surface area contributed by atoms with E-state index in [0.29, 0.717) is 34.4 Å². The first-order chi connectivity index (χ1) is 12.6. The second-order valence-electron chi connectivity index (χ2n) is 6.29. The molecule has 0 saturated heterocycles. The lowest BCUT2D eigenvalue weighted by atomic mass is 10.0. The molecule has 0 aliphatic carbocycles. The van der Waals surface area contributed by atoms with Gasteiger partial charge in [-0.1, -0.05) is 24.3 Å². The maximum Gasteiger partial charge on any atom is 0.330 e. The van der Waals surface area contributed by atoms with Gasteiger partial charge in [0.1, 0.15) is 5.82 Å². The van der Waals surface area contributed by atoms with Crippen molar-refractivity contribution >= 4 is 11.2 Å². The van der Waals surface area contributed by atoms with Crippen LogP contribution in [-0.4, -0.2) is 19.1 Å². The number of hydrogen-bond donors (Lipinski definition) is 0. The smallest absolute Gasteiger partial charge is 0.286 e. The van der Waals surface area contributed by atoms with Gasteiger partial charge >= 0.3 is 5.69 Å². The molecule has 26 heavy (non-hydrogen) atoms. The van der Waals surface area contributed by atoms with Gasteiger partial charge in [-0.05, 0) is 30.2 Å². The Morgan fingerprint density at radius 3 is 2.77 bits per heavy atom. The van der Waals surface area contributed by atoms with Crippen molar-refractivity contribution in [1.29, 1.82) is 0 Å². The third kappa shape index (κ3) is 2.60. The maximum absolute atomic E-state index is 14.5. The summed E-state index contributed by atoms with van der Waals surface area (Å²) in [6.07, 6.45) is 5.02. The minimum atomic E-state index is -0.272. The summed E-state index contributed by atoms with van der Waals surface area (Å²) in [6.45, 7) is 2.11. The summed E-state index contributed by atoms with van der Waals surface area (Å²) in [4.78, 5) is 21.2. The highest BCUT2D eigenvalue weighted by Gasteiger charge is 2.15. The zero-order chi connectivity index (χ0) is 18.3. The Balaban J connectivity index is 1.91. The molecule has 3 aromatic heterocycles. The van der Waals surface area contributed by atoms with Gasteiger partial charge in [-0.25, -0.2) is 14.2 Å². The van der Waals surface area contributed by atoms with Crippen LogP contribution < -0.4 is 5.69 Å². The van der Waals surface area contributed by atoms with E-state index in [2.05, 4.69) is 9.97 Å². The van der Waals surface area contributed by atoms with E-state index < -0.39 is 0 Å². The quantitative estimate of drug-likeness (QED) is 0.571. The Morgan fingerprint density at radius 2 is 2.00 bits per heavy atom. The first-order valence-electron chi connectivity index (χ1n) is 8.26. The fourth-order valence-electron chi connectivity index (χ4n) is 3.12. The molecule has 130 valence electrons. The van der Waals surface area contributed by atoms with E-state index >= 15 is 0 Å². The van der Waals surface area contributed by atoms with Gasteiger partial charge in [0.15, 0.2) is 5.65 Å². The molecule has 0 unspecified atom stereocenters. The lowest BCUT2D eigenvalue weighted by Crippen LogP contribution is -2.22. The molecule has 0 bridgehead atoms. The Kier molecular flexibility index (Phi) is 3.88. The third-order valence-corrected chi connectivity index (χ3v) is 4.54. The molecule has 0 aliphatic heterocycles. The van der Waals surface area contributed by atoms with Gasteiger partial charge in [0.25, 0.3) is 0 Å².